The summed E-state index contributed by atoms with van der Waals surface area (Å²) in [6.45, 7) is 5.70. The third kappa shape index (κ3) is 3.25. The fourth-order valence-corrected chi connectivity index (χ4v) is 2.95. The normalized spacial score (nSPS) is 24.4. The molecular formula is C15H24N2O2. The lowest BCUT2D eigenvalue weighted by Crippen LogP contribution is -2.30. The van der Waals surface area contributed by atoms with Gasteiger partial charge in [0.1, 0.15) is 5.75 Å². The number of ether oxygens (including phenoxy) is 2. The molecule has 1 aromatic rings. The molecule has 2 heterocycles. The van der Waals surface area contributed by atoms with Crippen LogP contribution in [0.25, 0.3) is 0 Å². The van der Waals surface area contributed by atoms with Gasteiger partial charge in [-0.25, -0.2) is 0 Å². The maximum atomic E-state index is 5.81. The van der Waals surface area contributed by atoms with Crippen LogP contribution in [-0.4, -0.2) is 31.3 Å². The van der Waals surface area contributed by atoms with Crippen molar-refractivity contribution in [2.24, 2.45) is 5.92 Å². The highest BCUT2D eigenvalue weighted by molar-refractivity contribution is 5.27. The molecule has 4 nitrogen and oxygen atoms in total. The minimum Gasteiger partial charge on any atom is -0.492 e. The second kappa shape index (κ2) is 6.87. The van der Waals surface area contributed by atoms with E-state index in [1.54, 1.807) is 6.20 Å². The molecule has 0 amide bonds. The smallest absolute Gasteiger partial charge is 0.137 e. The highest BCUT2D eigenvalue weighted by atomic mass is 16.5. The molecule has 1 saturated heterocycles. The van der Waals surface area contributed by atoms with Crippen LogP contribution in [0.4, 0.5) is 0 Å². The standard InChI is InChI=1S/C15H24N2O2/c1-4-14-13(6-7-19-14)15(16-3)11-8-12(18-5-2)10-17-9-11/h8-10,13-16H,4-7H2,1-3H3. The molecule has 0 aromatic carbocycles. The predicted molar refractivity (Wildman–Crippen MR) is 75.3 cm³/mol. The van der Waals surface area contributed by atoms with Crippen LogP contribution in [0.15, 0.2) is 18.5 Å². The first-order valence-corrected chi connectivity index (χ1v) is 7.16. The summed E-state index contributed by atoms with van der Waals surface area (Å²) in [5, 5.41) is 3.42. The van der Waals surface area contributed by atoms with E-state index < -0.39 is 0 Å². The molecule has 19 heavy (non-hydrogen) atoms. The van der Waals surface area contributed by atoms with Crippen molar-refractivity contribution in [3.05, 3.63) is 24.0 Å². The number of nitrogens with one attached hydrogen (secondary N) is 1. The molecule has 4 heteroatoms. The summed E-state index contributed by atoms with van der Waals surface area (Å²) >= 11 is 0. The third-order valence-electron chi connectivity index (χ3n) is 3.81. The summed E-state index contributed by atoms with van der Waals surface area (Å²) in [6.07, 6.45) is 6.19. The van der Waals surface area contributed by atoms with Gasteiger partial charge < -0.3 is 14.8 Å². The fraction of sp³-hybridized carbons (Fsp3) is 0.667. The van der Waals surface area contributed by atoms with Crippen molar-refractivity contribution >= 4 is 0 Å². The van der Waals surface area contributed by atoms with Gasteiger partial charge in [-0.1, -0.05) is 6.92 Å². The lowest BCUT2D eigenvalue weighted by atomic mass is 9.87. The largest absolute Gasteiger partial charge is 0.492 e. The monoisotopic (exact) mass is 264 g/mol. The third-order valence-corrected chi connectivity index (χ3v) is 3.81. The Morgan fingerprint density at radius 2 is 2.32 bits per heavy atom. The van der Waals surface area contributed by atoms with Gasteiger partial charge in [0, 0.05) is 24.8 Å². The lowest BCUT2D eigenvalue weighted by Gasteiger charge is -2.27. The van der Waals surface area contributed by atoms with Crippen LogP contribution < -0.4 is 10.1 Å². The number of hydrogen-bond donors (Lipinski definition) is 1. The van der Waals surface area contributed by atoms with E-state index in [4.69, 9.17) is 9.47 Å². The first kappa shape index (κ1) is 14.3. The number of aromatic nitrogens is 1. The summed E-state index contributed by atoms with van der Waals surface area (Å²) < 4.78 is 11.3. The van der Waals surface area contributed by atoms with Crippen molar-refractivity contribution in [1.29, 1.82) is 0 Å². The predicted octanol–water partition coefficient (Wildman–Crippen LogP) is 2.56. The molecule has 0 spiro atoms. The number of rotatable bonds is 6. The van der Waals surface area contributed by atoms with Crippen molar-refractivity contribution in [3.63, 3.8) is 0 Å². The number of pyridine rings is 1. The van der Waals surface area contributed by atoms with Crippen molar-refractivity contribution in [1.82, 2.24) is 10.3 Å². The van der Waals surface area contributed by atoms with E-state index in [9.17, 15) is 0 Å². The SMILES string of the molecule is CCOc1cncc(C(NC)C2CCOC2CC)c1. The highest BCUT2D eigenvalue weighted by Crippen LogP contribution is 2.35. The molecule has 2 rings (SSSR count). The van der Waals surface area contributed by atoms with Gasteiger partial charge in [0.15, 0.2) is 0 Å². The van der Waals surface area contributed by atoms with Crippen molar-refractivity contribution < 1.29 is 9.47 Å². The van der Waals surface area contributed by atoms with Crippen LogP contribution in [-0.2, 0) is 4.74 Å². The lowest BCUT2D eigenvalue weighted by molar-refractivity contribution is 0.0782. The highest BCUT2D eigenvalue weighted by Gasteiger charge is 2.33. The van der Waals surface area contributed by atoms with Gasteiger partial charge in [0.2, 0.25) is 0 Å². The van der Waals surface area contributed by atoms with Crippen LogP contribution in [0.1, 0.15) is 38.3 Å². The Morgan fingerprint density at radius 1 is 1.47 bits per heavy atom. The maximum absolute atomic E-state index is 5.81. The molecule has 0 saturated carbocycles. The molecule has 0 aliphatic carbocycles. The van der Waals surface area contributed by atoms with Gasteiger partial charge in [0.25, 0.3) is 0 Å². The van der Waals surface area contributed by atoms with Gasteiger partial charge in [-0.3, -0.25) is 4.98 Å². The Kier molecular flexibility index (Phi) is 5.16. The Hall–Kier alpha value is -1.13. The molecule has 3 unspecified atom stereocenters. The van der Waals surface area contributed by atoms with Gasteiger partial charge in [0.05, 0.1) is 18.9 Å². The molecule has 0 radical (unpaired) electrons. The molecule has 0 bridgehead atoms. The number of hydrogen-bond acceptors (Lipinski definition) is 4. The Bertz CT molecular complexity index is 397. The Morgan fingerprint density at radius 3 is 3.00 bits per heavy atom. The average molecular weight is 264 g/mol. The average Bonchev–Trinajstić information content (AvgIpc) is 2.89. The minimum absolute atomic E-state index is 0.278. The molecule has 106 valence electrons. The molecule has 3 atom stereocenters. The summed E-state index contributed by atoms with van der Waals surface area (Å²) in [7, 11) is 2.00. The van der Waals surface area contributed by atoms with Crippen molar-refractivity contribution in [3.8, 4) is 5.75 Å². The van der Waals surface area contributed by atoms with E-state index in [0.29, 0.717) is 18.6 Å². The van der Waals surface area contributed by atoms with E-state index >= 15 is 0 Å². The summed E-state index contributed by atoms with van der Waals surface area (Å²) in [4.78, 5) is 4.29. The molecule has 1 aromatic heterocycles. The van der Waals surface area contributed by atoms with Crippen LogP contribution in [0.5, 0.6) is 5.75 Å². The molecule has 1 fully saturated rings. The zero-order valence-electron chi connectivity index (χ0n) is 12.1. The molecule has 1 aliphatic heterocycles. The first-order valence-electron chi connectivity index (χ1n) is 7.16. The summed E-state index contributed by atoms with van der Waals surface area (Å²) in [5.41, 5.74) is 1.18. The second-order valence-electron chi connectivity index (χ2n) is 4.92. The van der Waals surface area contributed by atoms with Crippen LogP contribution in [0, 0.1) is 5.92 Å². The fourth-order valence-electron chi connectivity index (χ4n) is 2.95. The van der Waals surface area contributed by atoms with E-state index in [0.717, 1.165) is 25.2 Å². The van der Waals surface area contributed by atoms with Crippen LogP contribution in [0.3, 0.4) is 0 Å². The Labute approximate surface area is 115 Å². The quantitative estimate of drug-likeness (QED) is 0.857. The van der Waals surface area contributed by atoms with E-state index in [-0.39, 0.29) is 6.04 Å². The van der Waals surface area contributed by atoms with Crippen molar-refractivity contribution in [2.45, 2.75) is 38.8 Å². The van der Waals surface area contributed by atoms with E-state index in [1.807, 2.05) is 20.2 Å². The molecular weight excluding hydrogens is 240 g/mol. The maximum Gasteiger partial charge on any atom is 0.137 e. The zero-order valence-corrected chi connectivity index (χ0v) is 12.1. The zero-order chi connectivity index (χ0) is 13.7. The summed E-state index contributed by atoms with van der Waals surface area (Å²) in [5.74, 6) is 1.35. The van der Waals surface area contributed by atoms with E-state index in [2.05, 4.69) is 23.3 Å². The van der Waals surface area contributed by atoms with Crippen LogP contribution in [0.2, 0.25) is 0 Å². The second-order valence-corrected chi connectivity index (χ2v) is 4.92. The van der Waals surface area contributed by atoms with Crippen molar-refractivity contribution in [2.75, 3.05) is 20.3 Å². The first-order chi connectivity index (χ1) is 9.30. The Balaban J connectivity index is 2.18. The van der Waals surface area contributed by atoms with Gasteiger partial charge in [-0.05, 0) is 38.4 Å². The molecule has 1 aliphatic rings. The van der Waals surface area contributed by atoms with E-state index in [1.165, 1.54) is 5.56 Å². The summed E-state index contributed by atoms with van der Waals surface area (Å²) in [6, 6.07) is 2.36. The van der Waals surface area contributed by atoms with Crippen LogP contribution >= 0.6 is 0 Å². The topological polar surface area (TPSA) is 43.4 Å². The van der Waals surface area contributed by atoms with Gasteiger partial charge >= 0.3 is 0 Å². The van der Waals surface area contributed by atoms with Gasteiger partial charge in [-0.2, -0.15) is 0 Å². The molecule has 1 N–H and O–H groups in total. The van der Waals surface area contributed by atoms with Gasteiger partial charge in [-0.15, -0.1) is 0 Å². The number of nitrogens with zero attached hydrogens (tertiary/aromatic N) is 1. The minimum atomic E-state index is 0.278.